The number of esters is 2. The van der Waals surface area contributed by atoms with E-state index in [1.807, 2.05) is 0 Å². The van der Waals surface area contributed by atoms with Gasteiger partial charge in [0.25, 0.3) is 5.85 Å². The van der Waals surface area contributed by atoms with Crippen LogP contribution in [0.1, 0.15) is 13.3 Å². The fourth-order valence-corrected chi connectivity index (χ4v) is 3.03. The molecule has 0 heterocycles. The Balaban J connectivity index is 2.76. The second-order valence-electron chi connectivity index (χ2n) is 4.22. The Bertz CT molecular complexity index is 452. The van der Waals surface area contributed by atoms with Crippen LogP contribution in [0.4, 0.5) is 0 Å². The van der Waals surface area contributed by atoms with Gasteiger partial charge >= 0.3 is 19.5 Å². The number of methoxy groups -OCH3 is 1. The highest BCUT2D eigenvalue weighted by atomic mass is 31.2. The number of hydrogen-bond acceptors (Lipinski definition) is 8. The minimum absolute atomic E-state index is 0.306. The molecule has 0 aromatic rings. The Morgan fingerprint density at radius 2 is 1.71 bits per heavy atom. The molecule has 21 heavy (non-hydrogen) atoms. The average Bonchev–Trinajstić information content (AvgIpc) is 2.89. The maximum Gasteiger partial charge on any atom is 0.370 e. The van der Waals surface area contributed by atoms with Gasteiger partial charge in [-0.1, -0.05) is 6.08 Å². The quantitative estimate of drug-likeness (QED) is 0.392. The van der Waals surface area contributed by atoms with Gasteiger partial charge in [0.05, 0.1) is 13.2 Å². The summed E-state index contributed by atoms with van der Waals surface area (Å²) in [7, 11) is -0.366. The molecule has 1 aliphatic carbocycles. The van der Waals surface area contributed by atoms with Crippen molar-refractivity contribution in [2.45, 2.75) is 31.4 Å². The number of rotatable bonds is 7. The summed E-state index contributed by atoms with van der Waals surface area (Å²) in [5, 5.41) is 0. The number of ether oxygens (including phenoxy) is 3. The fraction of sp³-hybridized carbons (Fsp3) is 0.667. The lowest BCUT2D eigenvalue weighted by atomic mass is 10.3. The van der Waals surface area contributed by atoms with Crippen LogP contribution in [-0.2, 0) is 37.4 Å². The Hall–Kier alpha value is -1.21. The SMILES string of the molecule is COC(=O)C(OC1C=CC(OC(C)=O)C1)P(=O)(OC)OC. The molecule has 1 rings (SSSR count). The largest absolute Gasteiger partial charge is 0.467 e. The molecular weight excluding hydrogens is 303 g/mol. The Kier molecular flexibility index (Phi) is 6.54. The third-order valence-corrected chi connectivity index (χ3v) is 4.75. The molecule has 3 atom stereocenters. The van der Waals surface area contributed by atoms with Crippen LogP contribution in [0, 0.1) is 0 Å². The van der Waals surface area contributed by atoms with Crippen LogP contribution in [0.5, 0.6) is 0 Å². The van der Waals surface area contributed by atoms with Crippen LogP contribution in [0.25, 0.3) is 0 Å². The summed E-state index contributed by atoms with van der Waals surface area (Å²) < 4.78 is 36.9. The van der Waals surface area contributed by atoms with Crippen molar-refractivity contribution in [3.8, 4) is 0 Å². The van der Waals surface area contributed by atoms with Crippen LogP contribution in [0.2, 0.25) is 0 Å². The predicted octanol–water partition coefficient (Wildman–Crippen LogP) is 1.25. The maximum absolute atomic E-state index is 12.3. The lowest BCUT2D eigenvalue weighted by molar-refractivity contribution is -0.153. The van der Waals surface area contributed by atoms with E-state index in [9.17, 15) is 14.2 Å². The number of carbonyl (C=O) groups is 2. The van der Waals surface area contributed by atoms with Gasteiger partial charge in [0.1, 0.15) is 6.10 Å². The molecule has 0 radical (unpaired) electrons. The highest BCUT2D eigenvalue weighted by Crippen LogP contribution is 2.53. The summed E-state index contributed by atoms with van der Waals surface area (Å²) in [6.45, 7) is 1.29. The lowest BCUT2D eigenvalue weighted by Crippen LogP contribution is -2.31. The van der Waals surface area contributed by atoms with E-state index in [2.05, 4.69) is 4.74 Å². The van der Waals surface area contributed by atoms with Crippen LogP contribution in [0.3, 0.4) is 0 Å². The zero-order valence-corrected chi connectivity index (χ0v) is 13.2. The highest BCUT2D eigenvalue weighted by molar-refractivity contribution is 7.55. The molecule has 0 fully saturated rings. The summed E-state index contributed by atoms with van der Waals surface area (Å²) in [5.41, 5.74) is 0. The highest BCUT2D eigenvalue weighted by Gasteiger charge is 2.44. The Morgan fingerprint density at radius 1 is 1.14 bits per heavy atom. The van der Waals surface area contributed by atoms with E-state index in [0.29, 0.717) is 6.42 Å². The van der Waals surface area contributed by atoms with E-state index in [-0.39, 0.29) is 0 Å². The molecule has 120 valence electrons. The van der Waals surface area contributed by atoms with Crippen LogP contribution in [0.15, 0.2) is 12.2 Å². The second kappa shape index (κ2) is 7.70. The van der Waals surface area contributed by atoms with Crippen molar-refractivity contribution >= 4 is 19.5 Å². The van der Waals surface area contributed by atoms with Crippen molar-refractivity contribution in [3.05, 3.63) is 12.2 Å². The molecule has 1 aliphatic rings. The smallest absolute Gasteiger partial charge is 0.370 e. The average molecular weight is 322 g/mol. The summed E-state index contributed by atoms with van der Waals surface area (Å²) in [4.78, 5) is 22.6. The molecule has 0 N–H and O–H groups in total. The zero-order valence-electron chi connectivity index (χ0n) is 12.3. The first-order valence-corrected chi connectivity index (χ1v) is 7.77. The first-order chi connectivity index (χ1) is 9.86. The normalized spacial score (nSPS) is 22.9. The third kappa shape index (κ3) is 4.64. The molecule has 0 spiro atoms. The zero-order chi connectivity index (χ0) is 16.0. The maximum atomic E-state index is 12.3. The minimum atomic E-state index is -3.80. The molecule has 0 aliphatic heterocycles. The number of hydrogen-bond donors (Lipinski definition) is 0. The monoisotopic (exact) mass is 322 g/mol. The fourth-order valence-electron chi connectivity index (χ4n) is 1.83. The molecule has 0 saturated heterocycles. The molecule has 9 heteroatoms. The Labute approximate surface area is 122 Å². The van der Waals surface area contributed by atoms with Gasteiger partial charge in [0.15, 0.2) is 0 Å². The summed E-state index contributed by atoms with van der Waals surface area (Å²) >= 11 is 0. The van der Waals surface area contributed by atoms with Gasteiger partial charge in [-0.15, -0.1) is 0 Å². The molecular formula is C12H19O8P. The topological polar surface area (TPSA) is 97.4 Å². The minimum Gasteiger partial charge on any atom is -0.467 e. The molecule has 0 saturated carbocycles. The van der Waals surface area contributed by atoms with Gasteiger partial charge in [-0.2, -0.15) is 0 Å². The van der Waals surface area contributed by atoms with E-state index >= 15 is 0 Å². The Morgan fingerprint density at radius 3 is 2.19 bits per heavy atom. The molecule has 3 unspecified atom stereocenters. The standard InChI is InChI=1S/C12H19O8P/c1-8(13)19-9-5-6-10(7-9)20-12(11(14)16-2)21(15,17-3)18-4/h5-6,9-10,12H,7H2,1-4H3. The number of carbonyl (C=O) groups excluding carboxylic acids is 2. The van der Waals surface area contributed by atoms with Gasteiger partial charge in [0.2, 0.25) is 0 Å². The van der Waals surface area contributed by atoms with E-state index in [1.54, 1.807) is 12.2 Å². The first kappa shape index (κ1) is 17.8. The molecule has 0 aromatic heterocycles. The molecule has 0 bridgehead atoms. The van der Waals surface area contributed by atoms with E-state index in [1.165, 1.54) is 6.92 Å². The van der Waals surface area contributed by atoms with Gasteiger partial charge in [-0.3, -0.25) is 9.36 Å². The lowest BCUT2D eigenvalue weighted by Gasteiger charge is -2.24. The van der Waals surface area contributed by atoms with Gasteiger partial charge in [0, 0.05) is 27.6 Å². The summed E-state index contributed by atoms with van der Waals surface area (Å²) in [6, 6.07) is 0. The van der Waals surface area contributed by atoms with Crippen molar-refractivity contribution in [1.82, 2.24) is 0 Å². The van der Waals surface area contributed by atoms with Crippen LogP contribution >= 0.6 is 7.60 Å². The van der Waals surface area contributed by atoms with Gasteiger partial charge in [-0.05, 0) is 6.08 Å². The third-order valence-electron chi connectivity index (χ3n) is 2.83. The van der Waals surface area contributed by atoms with Crippen molar-refractivity contribution in [1.29, 1.82) is 0 Å². The van der Waals surface area contributed by atoms with Crippen molar-refractivity contribution in [2.75, 3.05) is 21.3 Å². The summed E-state index contributed by atoms with van der Waals surface area (Å²) in [5.74, 6) is -2.80. The molecule has 0 amide bonds. The molecule has 8 nitrogen and oxygen atoms in total. The van der Waals surface area contributed by atoms with Gasteiger partial charge in [-0.25, -0.2) is 4.79 Å². The van der Waals surface area contributed by atoms with E-state index in [4.69, 9.17) is 18.5 Å². The van der Waals surface area contributed by atoms with Crippen molar-refractivity contribution in [2.24, 2.45) is 0 Å². The van der Waals surface area contributed by atoms with Crippen molar-refractivity contribution in [3.63, 3.8) is 0 Å². The van der Waals surface area contributed by atoms with Crippen molar-refractivity contribution < 1.29 is 37.4 Å². The van der Waals surface area contributed by atoms with Crippen LogP contribution < -0.4 is 0 Å². The predicted molar refractivity (Wildman–Crippen MR) is 71.6 cm³/mol. The first-order valence-electron chi connectivity index (χ1n) is 6.16. The van der Waals surface area contributed by atoms with Crippen LogP contribution in [-0.4, -0.2) is 51.3 Å². The van der Waals surface area contributed by atoms with Gasteiger partial charge < -0.3 is 23.3 Å². The summed E-state index contributed by atoms with van der Waals surface area (Å²) in [6.07, 6.45) is 2.53. The second-order valence-corrected chi connectivity index (χ2v) is 6.50. The molecule has 0 aromatic carbocycles. The van der Waals surface area contributed by atoms with E-state index < -0.39 is 37.6 Å². The van der Waals surface area contributed by atoms with E-state index in [0.717, 1.165) is 21.3 Å².